The van der Waals surface area contributed by atoms with E-state index in [1.54, 1.807) is 24.3 Å². The molecule has 2 atom stereocenters. The van der Waals surface area contributed by atoms with Crippen molar-refractivity contribution in [1.82, 2.24) is 10.2 Å². The Kier molecular flexibility index (Phi) is 8.20. The van der Waals surface area contributed by atoms with Gasteiger partial charge < -0.3 is 24.8 Å². The number of carbonyl (C=O) groups excluding carboxylic acids is 2. The highest BCUT2D eigenvalue weighted by Gasteiger charge is 2.44. The number of aliphatic hydroxyl groups excluding tert-OH is 1. The number of hydrogen-bond donors (Lipinski definition) is 2. The second kappa shape index (κ2) is 11.7. The van der Waals surface area contributed by atoms with Gasteiger partial charge in [0.15, 0.2) is 6.10 Å². The van der Waals surface area contributed by atoms with Crippen LogP contribution in [0.15, 0.2) is 78.9 Å². The average molecular weight is 490 g/mol. The van der Waals surface area contributed by atoms with Crippen LogP contribution in [-0.2, 0) is 11.3 Å². The van der Waals surface area contributed by atoms with Crippen molar-refractivity contribution in [2.24, 2.45) is 0 Å². The highest BCUT2D eigenvalue weighted by Crippen LogP contribution is 2.39. The van der Waals surface area contributed by atoms with Gasteiger partial charge in [0.1, 0.15) is 18.4 Å². The van der Waals surface area contributed by atoms with Crippen molar-refractivity contribution in [3.63, 3.8) is 0 Å². The molecule has 0 radical (unpaired) electrons. The molecule has 0 spiro atoms. The fourth-order valence-corrected chi connectivity index (χ4v) is 4.15. The number of rotatable bonds is 10. The first kappa shape index (κ1) is 25.2. The third-order valence-electron chi connectivity index (χ3n) is 5.98. The summed E-state index contributed by atoms with van der Waals surface area (Å²) in [6.07, 6.45) is -1.39. The fourth-order valence-electron chi connectivity index (χ4n) is 4.15. The molecule has 3 aromatic rings. The smallest absolute Gasteiger partial charge is 0.415 e. The molecule has 188 valence electrons. The summed E-state index contributed by atoms with van der Waals surface area (Å²) in [5.74, 6) is 0.400. The van der Waals surface area contributed by atoms with E-state index >= 15 is 0 Å². The lowest BCUT2D eigenvalue weighted by Crippen LogP contribution is -2.35. The Morgan fingerprint density at radius 3 is 2.42 bits per heavy atom. The molecule has 0 unspecified atom stereocenters. The van der Waals surface area contributed by atoms with E-state index in [1.165, 1.54) is 4.90 Å². The van der Waals surface area contributed by atoms with Gasteiger partial charge in [0.25, 0.3) is 5.91 Å². The van der Waals surface area contributed by atoms with Crippen molar-refractivity contribution in [1.29, 1.82) is 0 Å². The minimum atomic E-state index is -0.779. The van der Waals surface area contributed by atoms with E-state index in [1.807, 2.05) is 73.6 Å². The van der Waals surface area contributed by atoms with Crippen LogP contribution < -0.4 is 15.0 Å². The van der Waals surface area contributed by atoms with Crippen molar-refractivity contribution in [2.75, 3.05) is 38.7 Å². The minimum Gasteiger partial charge on any atom is -0.489 e. The van der Waals surface area contributed by atoms with Crippen LogP contribution in [0.3, 0.4) is 0 Å². The molecule has 1 heterocycles. The van der Waals surface area contributed by atoms with E-state index in [9.17, 15) is 14.7 Å². The van der Waals surface area contributed by atoms with Gasteiger partial charge in [0, 0.05) is 13.1 Å². The maximum absolute atomic E-state index is 13.0. The predicted octanol–water partition coefficient (Wildman–Crippen LogP) is 3.62. The van der Waals surface area contributed by atoms with Crippen molar-refractivity contribution in [3.05, 3.63) is 95.6 Å². The van der Waals surface area contributed by atoms with Crippen LogP contribution in [0.5, 0.6) is 5.75 Å². The lowest BCUT2D eigenvalue weighted by molar-refractivity contribution is 0.0829. The summed E-state index contributed by atoms with van der Waals surface area (Å²) in [6.45, 7) is 1.24. The second-order valence-electron chi connectivity index (χ2n) is 8.84. The van der Waals surface area contributed by atoms with Gasteiger partial charge in [-0.05, 0) is 49.5 Å². The number of likely N-dealkylation sites (N-methyl/N-ethyl adjacent to an activating group) is 1. The number of ether oxygens (including phenoxy) is 2. The molecule has 1 aliphatic rings. The molecule has 1 aliphatic heterocycles. The summed E-state index contributed by atoms with van der Waals surface area (Å²) in [7, 11) is 3.86. The Hall–Kier alpha value is -3.88. The number of para-hydroxylation sites is 1. The van der Waals surface area contributed by atoms with Gasteiger partial charge in [0.05, 0.1) is 17.9 Å². The number of aliphatic hydroxyl groups is 1. The van der Waals surface area contributed by atoms with Crippen LogP contribution in [-0.4, -0.2) is 61.9 Å². The highest BCUT2D eigenvalue weighted by atomic mass is 16.6. The molecular weight excluding hydrogens is 458 g/mol. The monoisotopic (exact) mass is 489 g/mol. The molecule has 8 nitrogen and oxygen atoms in total. The summed E-state index contributed by atoms with van der Waals surface area (Å²) in [4.78, 5) is 29.3. The van der Waals surface area contributed by atoms with Crippen LogP contribution >= 0.6 is 0 Å². The largest absolute Gasteiger partial charge is 0.489 e. The average Bonchev–Trinajstić information content (AvgIpc) is 3.24. The number of carbonyl (C=O) groups is 2. The molecule has 2 N–H and O–H groups in total. The standard InChI is InChI=1S/C28H31N3O5/c1-30(2)17-16-29-27(33)23-10-6-7-11-24(23)31-26(25(18-32)36-28(31)34)21-12-14-22(15-13-21)35-19-20-8-4-3-5-9-20/h3-15,25-26,32H,16-19H2,1-2H3,(H,29,33)/t25-,26-/m1/s1. The quantitative estimate of drug-likeness (QED) is 0.452. The first-order valence-electron chi connectivity index (χ1n) is 11.9. The van der Waals surface area contributed by atoms with Gasteiger partial charge in [-0.15, -0.1) is 0 Å². The van der Waals surface area contributed by atoms with Crippen LogP contribution in [0.1, 0.15) is 27.5 Å². The zero-order chi connectivity index (χ0) is 25.5. The number of hydrogen-bond acceptors (Lipinski definition) is 6. The van der Waals surface area contributed by atoms with Crippen molar-refractivity contribution >= 4 is 17.7 Å². The number of amides is 2. The van der Waals surface area contributed by atoms with Crippen LogP contribution in [0.25, 0.3) is 0 Å². The number of nitrogens with one attached hydrogen (secondary N) is 1. The maximum Gasteiger partial charge on any atom is 0.415 e. The van der Waals surface area contributed by atoms with Crippen molar-refractivity contribution < 1.29 is 24.2 Å². The molecule has 4 rings (SSSR count). The summed E-state index contributed by atoms with van der Waals surface area (Å²) < 4.78 is 11.4. The maximum atomic E-state index is 13.0. The zero-order valence-electron chi connectivity index (χ0n) is 20.5. The van der Waals surface area contributed by atoms with Crippen molar-refractivity contribution in [3.8, 4) is 5.75 Å². The molecule has 0 aliphatic carbocycles. The first-order valence-corrected chi connectivity index (χ1v) is 11.9. The van der Waals surface area contributed by atoms with E-state index in [0.717, 1.165) is 11.1 Å². The summed E-state index contributed by atoms with van der Waals surface area (Å²) in [6, 6.07) is 23.5. The molecule has 8 heteroatoms. The van der Waals surface area contributed by atoms with Crippen LogP contribution in [0, 0.1) is 0 Å². The molecule has 1 fully saturated rings. The van der Waals surface area contributed by atoms with Crippen LogP contribution in [0.4, 0.5) is 10.5 Å². The number of anilines is 1. The van der Waals surface area contributed by atoms with E-state index in [0.29, 0.717) is 36.7 Å². The molecule has 0 aromatic heterocycles. The summed E-state index contributed by atoms with van der Waals surface area (Å²) in [5, 5.41) is 12.9. The molecule has 3 aromatic carbocycles. The Balaban J connectivity index is 1.57. The Bertz CT molecular complexity index is 1170. The second-order valence-corrected chi connectivity index (χ2v) is 8.84. The molecule has 36 heavy (non-hydrogen) atoms. The Labute approximate surface area is 211 Å². The van der Waals surface area contributed by atoms with E-state index in [-0.39, 0.29) is 12.5 Å². The van der Waals surface area contributed by atoms with E-state index in [4.69, 9.17) is 9.47 Å². The van der Waals surface area contributed by atoms with Gasteiger partial charge in [-0.1, -0.05) is 54.6 Å². The number of benzene rings is 3. The normalized spacial score (nSPS) is 17.2. The number of cyclic esters (lactones) is 1. The third kappa shape index (κ3) is 5.84. The van der Waals surface area contributed by atoms with E-state index < -0.39 is 18.2 Å². The topological polar surface area (TPSA) is 91.3 Å². The fraction of sp³-hybridized carbons (Fsp3) is 0.286. The van der Waals surface area contributed by atoms with Gasteiger partial charge in [-0.2, -0.15) is 0 Å². The van der Waals surface area contributed by atoms with Crippen molar-refractivity contribution in [2.45, 2.75) is 18.8 Å². The molecule has 0 bridgehead atoms. The molecule has 2 amide bonds. The number of nitrogens with zero attached hydrogens (tertiary/aromatic N) is 2. The summed E-state index contributed by atoms with van der Waals surface area (Å²) >= 11 is 0. The molecular formula is C28H31N3O5. The molecule has 0 saturated carbocycles. The molecule has 1 saturated heterocycles. The highest BCUT2D eigenvalue weighted by molar-refractivity contribution is 6.04. The lowest BCUT2D eigenvalue weighted by Gasteiger charge is -2.26. The van der Waals surface area contributed by atoms with E-state index in [2.05, 4.69) is 5.32 Å². The van der Waals surface area contributed by atoms with Crippen LogP contribution in [0.2, 0.25) is 0 Å². The predicted molar refractivity (Wildman–Crippen MR) is 137 cm³/mol. The van der Waals surface area contributed by atoms with Gasteiger partial charge in [-0.3, -0.25) is 9.69 Å². The SMILES string of the molecule is CN(C)CCNC(=O)c1ccccc1N1C(=O)O[C@H](CO)[C@H]1c1ccc(OCc2ccccc2)cc1. The third-order valence-corrected chi connectivity index (χ3v) is 5.98. The van der Waals surface area contributed by atoms with Gasteiger partial charge in [-0.25, -0.2) is 4.79 Å². The Morgan fingerprint density at radius 2 is 1.72 bits per heavy atom. The Morgan fingerprint density at radius 1 is 1.03 bits per heavy atom. The lowest BCUT2D eigenvalue weighted by atomic mass is 9.99. The first-order chi connectivity index (χ1) is 17.5. The zero-order valence-corrected chi connectivity index (χ0v) is 20.5. The minimum absolute atomic E-state index is 0.281. The van der Waals surface area contributed by atoms with Gasteiger partial charge >= 0.3 is 6.09 Å². The summed E-state index contributed by atoms with van der Waals surface area (Å²) in [5.41, 5.74) is 2.60. The van der Waals surface area contributed by atoms with Gasteiger partial charge in [0.2, 0.25) is 0 Å².